The summed E-state index contributed by atoms with van der Waals surface area (Å²) in [5.74, 6) is -0.842. The second kappa shape index (κ2) is 8.11. The number of nitrogens with zero attached hydrogens (tertiary/aromatic N) is 3. The zero-order chi connectivity index (χ0) is 18.6. The van der Waals surface area contributed by atoms with E-state index in [-0.39, 0.29) is 24.2 Å². The van der Waals surface area contributed by atoms with Crippen LogP contribution in [0.1, 0.15) is 12.8 Å². The zero-order valence-corrected chi connectivity index (χ0v) is 15.6. The Labute approximate surface area is 148 Å². The number of nitrogens with one attached hydrogen (secondary N) is 1. The van der Waals surface area contributed by atoms with Crippen molar-refractivity contribution in [2.75, 3.05) is 45.1 Å². The monoisotopic (exact) mass is 372 g/mol. The third-order valence-corrected chi connectivity index (χ3v) is 6.05. The molecule has 25 heavy (non-hydrogen) atoms. The molecule has 1 heterocycles. The number of likely N-dealkylation sites (tertiary alicyclic amines) is 1. The standard InChI is InChI=1S/C16H25FN4O3S/c1-19(2)25(23,24)21(15-6-4-13(17)5-7-15)12-16(22)18-14-8-10-20(3)11-9-14/h4-7,14H,8-12H2,1-3H3,(H,18,22). The minimum Gasteiger partial charge on any atom is -0.352 e. The van der Waals surface area contributed by atoms with E-state index < -0.39 is 16.0 Å². The second-order valence-electron chi connectivity index (χ2n) is 6.42. The van der Waals surface area contributed by atoms with Gasteiger partial charge in [-0.15, -0.1) is 0 Å². The quantitative estimate of drug-likeness (QED) is 0.796. The van der Waals surface area contributed by atoms with Crippen LogP contribution in [-0.2, 0) is 15.0 Å². The lowest BCUT2D eigenvalue weighted by Crippen LogP contribution is -2.49. The molecule has 7 nitrogen and oxygen atoms in total. The Morgan fingerprint density at radius 1 is 1.24 bits per heavy atom. The number of anilines is 1. The molecular weight excluding hydrogens is 347 g/mol. The van der Waals surface area contributed by atoms with Gasteiger partial charge < -0.3 is 10.2 Å². The summed E-state index contributed by atoms with van der Waals surface area (Å²) in [6.07, 6.45) is 1.67. The molecule has 1 fully saturated rings. The van der Waals surface area contributed by atoms with Crippen molar-refractivity contribution in [1.82, 2.24) is 14.5 Å². The maximum absolute atomic E-state index is 13.1. The van der Waals surface area contributed by atoms with Crippen molar-refractivity contribution in [2.45, 2.75) is 18.9 Å². The van der Waals surface area contributed by atoms with Gasteiger partial charge >= 0.3 is 10.2 Å². The molecule has 0 radical (unpaired) electrons. The number of rotatable bonds is 6. The van der Waals surface area contributed by atoms with Crippen molar-refractivity contribution in [3.05, 3.63) is 30.1 Å². The zero-order valence-electron chi connectivity index (χ0n) is 14.8. The van der Waals surface area contributed by atoms with E-state index in [4.69, 9.17) is 0 Å². The third kappa shape index (κ3) is 5.13. The van der Waals surface area contributed by atoms with Crippen molar-refractivity contribution >= 4 is 21.8 Å². The largest absolute Gasteiger partial charge is 0.352 e. The van der Waals surface area contributed by atoms with Crippen molar-refractivity contribution in [3.63, 3.8) is 0 Å². The molecule has 9 heteroatoms. The molecule has 1 aromatic carbocycles. The highest BCUT2D eigenvalue weighted by molar-refractivity contribution is 7.90. The SMILES string of the molecule is CN1CCC(NC(=O)CN(c2ccc(F)cc2)S(=O)(=O)N(C)C)CC1. The van der Waals surface area contributed by atoms with Crippen molar-refractivity contribution < 1.29 is 17.6 Å². The Hall–Kier alpha value is -1.71. The van der Waals surface area contributed by atoms with E-state index in [9.17, 15) is 17.6 Å². The Morgan fingerprint density at radius 2 is 1.80 bits per heavy atom. The Balaban J connectivity index is 2.13. The number of benzene rings is 1. The average molecular weight is 372 g/mol. The van der Waals surface area contributed by atoms with E-state index in [1.54, 1.807) is 0 Å². The Bertz CT molecular complexity index is 686. The minimum absolute atomic E-state index is 0.0424. The summed E-state index contributed by atoms with van der Waals surface area (Å²) in [7, 11) is 0.931. The normalized spacial score (nSPS) is 16.8. The molecule has 1 saturated heterocycles. The first-order valence-electron chi connectivity index (χ1n) is 8.14. The lowest BCUT2D eigenvalue weighted by molar-refractivity contribution is -0.120. The molecular formula is C16H25FN4O3S. The van der Waals surface area contributed by atoms with Gasteiger partial charge in [0.25, 0.3) is 0 Å². The number of piperidine rings is 1. The second-order valence-corrected chi connectivity index (χ2v) is 8.49. The van der Waals surface area contributed by atoms with E-state index >= 15 is 0 Å². The van der Waals surface area contributed by atoms with Gasteiger partial charge in [-0.1, -0.05) is 0 Å². The van der Waals surface area contributed by atoms with Gasteiger partial charge in [0.15, 0.2) is 0 Å². The van der Waals surface area contributed by atoms with Crippen molar-refractivity contribution in [3.8, 4) is 0 Å². The van der Waals surface area contributed by atoms with Crippen LogP contribution in [0.4, 0.5) is 10.1 Å². The molecule has 2 rings (SSSR count). The van der Waals surface area contributed by atoms with E-state index in [0.29, 0.717) is 0 Å². The van der Waals surface area contributed by atoms with E-state index in [2.05, 4.69) is 10.2 Å². The topological polar surface area (TPSA) is 73.0 Å². The maximum Gasteiger partial charge on any atom is 0.304 e. The molecule has 0 bridgehead atoms. The summed E-state index contributed by atoms with van der Waals surface area (Å²) in [5, 5.41) is 2.90. The van der Waals surface area contributed by atoms with Crippen molar-refractivity contribution in [2.24, 2.45) is 0 Å². The van der Waals surface area contributed by atoms with Gasteiger partial charge in [-0.2, -0.15) is 12.7 Å². The predicted octanol–water partition coefficient (Wildman–Crippen LogP) is 0.649. The number of carbonyl (C=O) groups excluding carboxylic acids is 1. The van der Waals surface area contributed by atoms with Crippen molar-refractivity contribution in [1.29, 1.82) is 0 Å². The first kappa shape index (κ1) is 19.6. The van der Waals surface area contributed by atoms with Gasteiger partial charge in [0, 0.05) is 20.1 Å². The van der Waals surface area contributed by atoms with Crippen LogP contribution in [0.2, 0.25) is 0 Å². The van der Waals surface area contributed by atoms with Crippen LogP contribution < -0.4 is 9.62 Å². The number of carbonyl (C=O) groups is 1. The van der Waals surface area contributed by atoms with Gasteiger partial charge in [0.1, 0.15) is 12.4 Å². The minimum atomic E-state index is -3.87. The summed E-state index contributed by atoms with van der Waals surface area (Å²) in [6.45, 7) is 1.43. The average Bonchev–Trinajstić information content (AvgIpc) is 2.55. The van der Waals surface area contributed by atoms with E-state index in [1.807, 2.05) is 7.05 Å². The molecule has 1 aliphatic heterocycles. The molecule has 140 valence electrons. The van der Waals surface area contributed by atoms with Gasteiger partial charge in [0.2, 0.25) is 5.91 Å². The Kier molecular flexibility index (Phi) is 6.36. The van der Waals surface area contributed by atoms with Crippen LogP contribution in [0.5, 0.6) is 0 Å². The fraction of sp³-hybridized carbons (Fsp3) is 0.562. The number of hydrogen-bond acceptors (Lipinski definition) is 4. The maximum atomic E-state index is 13.1. The molecule has 1 amide bonds. The number of hydrogen-bond donors (Lipinski definition) is 1. The lowest BCUT2D eigenvalue weighted by atomic mass is 10.1. The summed E-state index contributed by atoms with van der Waals surface area (Å²) in [5.41, 5.74) is 0.244. The molecule has 0 unspecified atom stereocenters. The van der Waals surface area contributed by atoms with Gasteiger partial charge in [0.05, 0.1) is 5.69 Å². The molecule has 0 spiro atoms. The van der Waals surface area contributed by atoms with Gasteiger partial charge in [-0.25, -0.2) is 8.70 Å². The molecule has 1 aromatic rings. The van der Waals surface area contributed by atoms with Crippen LogP contribution in [-0.4, -0.2) is 70.3 Å². The molecule has 1 aliphatic rings. The molecule has 0 atom stereocenters. The van der Waals surface area contributed by atoms with Crippen LogP contribution >= 0.6 is 0 Å². The van der Waals surface area contributed by atoms with E-state index in [1.165, 1.54) is 38.4 Å². The number of amides is 1. The highest BCUT2D eigenvalue weighted by Gasteiger charge is 2.28. The first-order valence-corrected chi connectivity index (χ1v) is 9.53. The van der Waals surface area contributed by atoms with Crippen LogP contribution in [0.25, 0.3) is 0 Å². The van der Waals surface area contributed by atoms with E-state index in [0.717, 1.165) is 34.5 Å². The Morgan fingerprint density at radius 3 is 2.32 bits per heavy atom. The first-order chi connectivity index (χ1) is 11.7. The summed E-state index contributed by atoms with van der Waals surface area (Å²) < 4.78 is 40.3. The summed E-state index contributed by atoms with van der Waals surface area (Å²) >= 11 is 0. The van der Waals surface area contributed by atoms with Gasteiger partial charge in [-0.05, 0) is 57.2 Å². The molecule has 1 N–H and O–H groups in total. The highest BCUT2D eigenvalue weighted by atomic mass is 32.2. The predicted molar refractivity (Wildman–Crippen MR) is 95.0 cm³/mol. The molecule has 0 aromatic heterocycles. The lowest BCUT2D eigenvalue weighted by Gasteiger charge is -2.31. The smallest absolute Gasteiger partial charge is 0.304 e. The molecule has 0 saturated carbocycles. The van der Waals surface area contributed by atoms with Crippen LogP contribution in [0.15, 0.2) is 24.3 Å². The highest BCUT2D eigenvalue weighted by Crippen LogP contribution is 2.20. The summed E-state index contributed by atoms with van der Waals surface area (Å²) in [4.78, 5) is 14.6. The third-order valence-electron chi connectivity index (χ3n) is 4.23. The fourth-order valence-corrected chi connectivity index (χ4v) is 3.73. The summed E-state index contributed by atoms with van der Waals surface area (Å²) in [6, 6.07) is 5.07. The molecule has 0 aliphatic carbocycles. The van der Waals surface area contributed by atoms with Gasteiger partial charge in [-0.3, -0.25) is 4.79 Å². The van der Waals surface area contributed by atoms with Crippen LogP contribution in [0, 0.1) is 5.82 Å². The fourth-order valence-electron chi connectivity index (χ4n) is 2.67. The number of halogens is 1. The van der Waals surface area contributed by atoms with Crippen LogP contribution in [0.3, 0.4) is 0 Å².